The van der Waals surface area contributed by atoms with Crippen molar-refractivity contribution in [1.29, 1.82) is 0 Å². The zero-order valence-electron chi connectivity index (χ0n) is 16.3. The fourth-order valence-corrected chi connectivity index (χ4v) is 3.16. The minimum absolute atomic E-state index is 0.587. The molecule has 0 heterocycles. The maximum atomic E-state index is 4.63. The van der Waals surface area contributed by atoms with Gasteiger partial charge in [-0.05, 0) is 36.1 Å². The van der Waals surface area contributed by atoms with Gasteiger partial charge in [-0.25, -0.2) is 0 Å². The topological polar surface area (TPSA) is 24.7 Å². The largest absolute Gasteiger partial charge is 0.289 e. The van der Waals surface area contributed by atoms with E-state index in [2.05, 4.69) is 34.3 Å². The lowest BCUT2D eigenvalue weighted by Gasteiger charge is -2.16. The van der Waals surface area contributed by atoms with Crippen LogP contribution in [0.25, 0.3) is 0 Å². The van der Waals surface area contributed by atoms with Gasteiger partial charge < -0.3 is 0 Å². The quantitative estimate of drug-likeness (QED) is 0.449. The minimum Gasteiger partial charge on any atom is -0.289 e. The third-order valence-electron chi connectivity index (χ3n) is 4.73. The van der Waals surface area contributed by atoms with E-state index in [0.717, 1.165) is 11.3 Å². The fraction of sp³-hybridized carbons (Fsp3) is 0.231. The summed E-state index contributed by atoms with van der Waals surface area (Å²) in [7, 11) is 0. The van der Waals surface area contributed by atoms with E-state index in [1.165, 1.54) is 37.7 Å². The second-order valence-electron chi connectivity index (χ2n) is 6.99. The Morgan fingerprint density at radius 1 is 0.571 bits per heavy atom. The first kappa shape index (κ1) is 19.8. The van der Waals surface area contributed by atoms with Crippen LogP contribution in [0.5, 0.6) is 0 Å². The Kier molecular flexibility index (Phi) is 8.22. The van der Waals surface area contributed by atoms with E-state index in [1.807, 2.05) is 79.2 Å². The van der Waals surface area contributed by atoms with Crippen molar-refractivity contribution in [2.24, 2.45) is 9.98 Å². The van der Waals surface area contributed by atoms with Crippen LogP contribution in [0.1, 0.15) is 43.2 Å². The molecular formula is C26H28N2. The smallest absolute Gasteiger partial charge is 0.0629 e. The number of nitrogens with zero attached hydrogens (tertiary/aromatic N) is 2. The van der Waals surface area contributed by atoms with Crippen LogP contribution < -0.4 is 0 Å². The van der Waals surface area contributed by atoms with Gasteiger partial charge in [-0.2, -0.15) is 0 Å². The SMILES string of the molecule is C(=NC1CCCCC1)c1ccccc1.C(=Nc1ccccc1)c1ccccc1. The molecule has 2 heteroatoms. The van der Waals surface area contributed by atoms with Crippen LogP contribution in [0, 0.1) is 0 Å². The number of para-hydroxylation sites is 1. The van der Waals surface area contributed by atoms with Gasteiger partial charge in [0.05, 0.1) is 5.69 Å². The van der Waals surface area contributed by atoms with Crippen LogP contribution in [0.2, 0.25) is 0 Å². The molecule has 1 aliphatic carbocycles. The molecule has 1 fully saturated rings. The van der Waals surface area contributed by atoms with Gasteiger partial charge in [0.25, 0.3) is 0 Å². The number of hydrogen-bond acceptors (Lipinski definition) is 2. The van der Waals surface area contributed by atoms with Crippen molar-refractivity contribution in [3.63, 3.8) is 0 Å². The molecule has 0 unspecified atom stereocenters. The zero-order valence-corrected chi connectivity index (χ0v) is 16.3. The van der Waals surface area contributed by atoms with Crippen LogP contribution in [0.3, 0.4) is 0 Å². The molecule has 142 valence electrons. The monoisotopic (exact) mass is 368 g/mol. The molecule has 3 aromatic carbocycles. The highest BCUT2D eigenvalue weighted by atomic mass is 14.8. The molecule has 0 aromatic heterocycles. The van der Waals surface area contributed by atoms with E-state index in [0.29, 0.717) is 6.04 Å². The molecule has 2 nitrogen and oxygen atoms in total. The molecule has 0 aliphatic heterocycles. The lowest BCUT2D eigenvalue weighted by molar-refractivity contribution is 0.444. The Labute approximate surface area is 168 Å². The Morgan fingerprint density at radius 3 is 1.64 bits per heavy atom. The van der Waals surface area contributed by atoms with E-state index >= 15 is 0 Å². The predicted molar refractivity (Wildman–Crippen MR) is 121 cm³/mol. The molecule has 1 saturated carbocycles. The summed E-state index contributed by atoms with van der Waals surface area (Å²) in [5, 5.41) is 0. The van der Waals surface area contributed by atoms with Gasteiger partial charge in [-0.1, -0.05) is 98.1 Å². The Bertz CT molecular complexity index is 792. The van der Waals surface area contributed by atoms with Gasteiger partial charge >= 0.3 is 0 Å². The molecule has 0 N–H and O–H groups in total. The maximum Gasteiger partial charge on any atom is 0.0629 e. The third-order valence-corrected chi connectivity index (χ3v) is 4.73. The average molecular weight is 369 g/mol. The number of aliphatic imine (C=N–C) groups is 2. The molecule has 3 aromatic rings. The van der Waals surface area contributed by atoms with Crippen molar-refractivity contribution in [3.05, 3.63) is 102 Å². The van der Waals surface area contributed by atoms with Crippen molar-refractivity contribution in [2.75, 3.05) is 0 Å². The Hall–Kier alpha value is -3.00. The molecular weight excluding hydrogens is 340 g/mol. The fourth-order valence-electron chi connectivity index (χ4n) is 3.16. The Morgan fingerprint density at radius 2 is 1.07 bits per heavy atom. The highest BCUT2D eigenvalue weighted by Gasteiger charge is 2.10. The minimum atomic E-state index is 0.587. The van der Waals surface area contributed by atoms with E-state index in [-0.39, 0.29) is 0 Å². The van der Waals surface area contributed by atoms with Crippen LogP contribution in [0.15, 0.2) is 101 Å². The van der Waals surface area contributed by atoms with Crippen LogP contribution >= 0.6 is 0 Å². The number of rotatable bonds is 4. The van der Waals surface area contributed by atoms with Gasteiger partial charge in [0.1, 0.15) is 0 Å². The number of benzene rings is 3. The average Bonchev–Trinajstić information content (AvgIpc) is 2.80. The first-order valence-electron chi connectivity index (χ1n) is 10.1. The second kappa shape index (κ2) is 11.7. The summed E-state index contributed by atoms with van der Waals surface area (Å²) in [6.07, 6.45) is 10.6. The molecule has 0 radical (unpaired) electrons. The lowest BCUT2D eigenvalue weighted by atomic mass is 9.96. The van der Waals surface area contributed by atoms with Crippen LogP contribution in [0.4, 0.5) is 5.69 Å². The van der Waals surface area contributed by atoms with Crippen LogP contribution in [-0.2, 0) is 0 Å². The second-order valence-corrected chi connectivity index (χ2v) is 6.99. The zero-order chi connectivity index (χ0) is 19.3. The third kappa shape index (κ3) is 7.32. The summed E-state index contributed by atoms with van der Waals surface area (Å²) >= 11 is 0. The molecule has 0 spiro atoms. The van der Waals surface area contributed by atoms with Gasteiger partial charge in [-0.15, -0.1) is 0 Å². The van der Waals surface area contributed by atoms with Gasteiger partial charge in [-0.3, -0.25) is 9.98 Å². The first-order chi connectivity index (χ1) is 13.9. The van der Waals surface area contributed by atoms with Crippen molar-refractivity contribution in [1.82, 2.24) is 0 Å². The van der Waals surface area contributed by atoms with Gasteiger partial charge in [0.15, 0.2) is 0 Å². The molecule has 0 saturated heterocycles. The molecule has 28 heavy (non-hydrogen) atoms. The Balaban J connectivity index is 0.000000161. The standard InChI is InChI=1S/C13H17N.C13H11N/c2*1-3-7-12(8-4-1)11-14-13-9-5-2-6-10-13/h1,3-4,7-8,11,13H,2,5-6,9-10H2;1-11H. The van der Waals surface area contributed by atoms with Crippen molar-refractivity contribution in [2.45, 2.75) is 38.1 Å². The van der Waals surface area contributed by atoms with Crippen molar-refractivity contribution >= 4 is 18.1 Å². The summed E-state index contributed by atoms with van der Waals surface area (Å²) in [4.78, 5) is 8.98. The summed E-state index contributed by atoms with van der Waals surface area (Å²) in [5.74, 6) is 0. The van der Waals surface area contributed by atoms with E-state index < -0.39 is 0 Å². The molecule has 0 bridgehead atoms. The van der Waals surface area contributed by atoms with E-state index in [1.54, 1.807) is 0 Å². The molecule has 0 amide bonds. The predicted octanol–water partition coefficient (Wildman–Crippen LogP) is 6.88. The summed E-state index contributed by atoms with van der Waals surface area (Å²) in [5.41, 5.74) is 3.32. The molecule has 0 atom stereocenters. The molecule has 4 rings (SSSR count). The normalized spacial score (nSPS) is 14.7. The lowest BCUT2D eigenvalue weighted by Crippen LogP contribution is -2.09. The number of hydrogen-bond donors (Lipinski definition) is 0. The highest BCUT2D eigenvalue weighted by Crippen LogP contribution is 2.20. The van der Waals surface area contributed by atoms with Gasteiger partial charge in [0.2, 0.25) is 0 Å². The highest BCUT2D eigenvalue weighted by molar-refractivity contribution is 5.81. The van der Waals surface area contributed by atoms with Crippen molar-refractivity contribution < 1.29 is 0 Å². The van der Waals surface area contributed by atoms with Crippen LogP contribution in [-0.4, -0.2) is 18.5 Å². The van der Waals surface area contributed by atoms with Crippen molar-refractivity contribution in [3.8, 4) is 0 Å². The maximum absolute atomic E-state index is 4.63. The first-order valence-corrected chi connectivity index (χ1v) is 10.1. The molecule has 1 aliphatic rings. The summed E-state index contributed by atoms with van der Waals surface area (Å²) in [6, 6.07) is 31.0. The van der Waals surface area contributed by atoms with E-state index in [4.69, 9.17) is 0 Å². The van der Waals surface area contributed by atoms with Gasteiger partial charge in [0, 0.05) is 18.5 Å². The van der Waals surface area contributed by atoms with E-state index in [9.17, 15) is 0 Å². The summed E-state index contributed by atoms with van der Waals surface area (Å²) in [6.45, 7) is 0. The summed E-state index contributed by atoms with van der Waals surface area (Å²) < 4.78 is 0.